The molecule has 0 aliphatic carbocycles. The summed E-state index contributed by atoms with van der Waals surface area (Å²) in [5, 5.41) is 3.41. The van der Waals surface area contributed by atoms with Crippen molar-refractivity contribution in [2.45, 2.75) is 23.9 Å². The van der Waals surface area contributed by atoms with E-state index in [9.17, 15) is 4.39 Å². The molecule has 2 heterocycles. The van der Waals surface area contributed by atoms with Gasteiger partial charge in [-0.2, -0.15) is 0 Å². The maximum atomic E-state index is 13.6. The molecule has 1 aromatic carbocycles. The summed E-state index contributed by atoms with van der Waals surface area (Å²) in [5.74, 6) is 0.699. The topological polar surface area (TPSA) is 40.1 Å². The number of nitrogens with zero attached hydrogens (tertiary/aromatic N) is 3. The van der Waals surface area contributed by atoms with E-state index < -0.39 is 0 Å². The first-order chi connectivity index (χ1) is 12.2. The summed E-state index contributed by atoms with van der Waals surface area (Å²) in [6, 6.07) is 5.52. The van der Waals surface area contributed by atoms with E-state index in [1.54, 1.807) is 17.8 Å². The Morgan fingerprint density at radius 1 is 1.35 bits per heavy atom. The molecule has 2 aliphatic heterocycles. The van der Waals surface area contributed by atoms with Crippen LogP contribution in [0.5, 0.6) is 0 Å². The lowest BCUT2D eigenvalue weighted by Gasteiger charge is -2.32. The standard InChI is InChI=1S/C18H27FN4OS.HI/c1-20-18(21-12-14-11-15(19)3-4-17(14)25-2)23-6-5-16(13-23)22-7-9-24-10-8-22;/h3-4,11,16H,5-10,12-13H2,1-2H3,(H,20,21);1H. The molecule has 1 atom stereocenters. The smallest absolute Gasteiger partial charge is 0.193 e. The Morgan fingerprint density at radius 2 is 2.12 bits per heavy atom. The summed E-state index contributed by atoms with van der Waals surface area (Å²) in [6.07, 6.45) is 3.16. The lowest BCUT2D eigenvalue weighted by molar-refractivity contribution is 0.0195. The van der Waals surface area contributed by atoms with Gasteiger partial charge < -0.3 is 15.0 Å². The fourth-order valence-corrected chi connectivity index (χ4v) is 4.16. The Hall–Kier alpha value is -0.580. The zero-order valence-corrected chi connectivity index (χ0v) is 18.6. The van der Waals surface area contributed by atoms with Gasteiger partial charge in [0, 0.05) is 50.7 Å². The fraction of sp³-hybridized carbons (Fsp3) is 0.611. The Balaban J connectivity index is 0.00000243. The Morgan fingerprint density at radius 3 is 2.81 bits per heavy atom. The molecule has 2 aliphatic rings. The van der Waals surface area contributed by atoms with Gasteiger partial charge in [-0.15, -0.1) is 35.7 Å². The van der Waals surface area contributed by atoms with E-state index in [4.69, 9.17) is 4.74 Å². The first-order valence-electron chi connectivity index (χ1n) is 8.81. The molecule has 0 bridgehead atoms. The van der Waals surface area contributed by atoms with Crippen molar-refractivity contribution in [2.75, 3.05) is 52.7 Å². The van der Waals surface area contributed by atoms with E-state index in [0.717, 1.165) is 62.2 Å². The predicted molar refractivity (Wildman–Crippen MR) is 116 cm³/mol. The summed E-state index contributed by atoms with van der Waals surface area (Å²) in [5.41, 5.74) is 0.970. The number of likely N-dealkylation sites (tertiary alicyclic amines) is 1. The summed E-state index contributed by atoms with van der Waals surface area (Å²) in [6.45, 7) is 6.27. The number of morpholine rings is 1. The van der Waals surface area contributed by atoms with Crippen LogP contribution in [0.1, 0.15) is 12.0 Å². The van der Waals surface area contributed by atoms with E-state index in [2.05, 4.69) is 20.1 Å². The molecule has 26 heavy (non-hydrogen) atoms. The number of hydrogen-bond acceptors (Lipinski definition) is 4. The minimum absolute atomic E-state index is 0. The van der Waals surface area contributed by atoms with Gasteiger partial charge in [-0.3, -0.25) is 9.89 Å². The Labute approximate surface area is 176 Å². The highest BCUT2D eigenvalue weighted by Gasteiger charge is 2.30. The molecule has 3 rings (SSSR count). The van der Waals surface area contributed by atoms with Crippen LogP contribution in [0.4, 0.5) is 4.39 Å². The summed E-state index contributed by atoms with van der Waals surface area (Å²) in [4.78, 5) is 10.4. The highest BCUT2D eigenvalue weighted by molar-refractivity contribution is 14.0. The molecule has 2 fully saturated rings. The molecule has 2 saturated heterocycles. The van der Waals surface area contributed by atoms with Gasteiger partial charge in [0.1, 0.15) is 5.82 Å². The average molecular weight is 494 g/mol. The number of nitrogens with one attached hydrogen (secondary N) is 1. The van der Waals surface area contributed by atoms with Gasteiger partial charge in [0.05, 0.1) is 13.2 Å². The third-order valence-corrected chi connectivity index (χ3v) is 5.75. The molecule has 1 aromatic rings. The second-order valence-corrected chi connectivity index (χ2v) is 7.24. The molecule has 0 amide bonds. The van der Waals surface area contributed by atoms with Crippen molar-refractivity contribution in [2.24, 2.45) is 4.99 Å². The van der Waals surface area contributed by atoms with Crippen molar-refractivity contribution >= 4 is 41.7 Å². The molecule has 146 valence electrons. The molecule has 8 heteroatoms. The first-order valence-corrected chi connectivity index (χ1v) is 10.0. The van der Waals surface area contributed by atoms with E-state index in [1.165, 1.54) is 6.07 Å². The highest BCUT2D eigenvalue weighted by Crippen LogP contribution is 2.22. The molecule has 0 aromatic heterocycles. The van der Waals surface area contributed by atoms with Crippen molar-refractivity contribution in [1.29, 1.82) is 0 Å². The average Bonchev–Trinajstić information content (AvgIpc) is 3.13. The number of halogens is 2. The van der Waals surface area contributed by atoms with Gasteiger partial charge in [-0.25, -0.2) is 4.39 Å². The van der Waals surface area contributed by atoms with Crippen molar-refractivity contribution in [3.63, 3.8) is 0 Å². The molecular formula is C18H28FIN4OS. The second-order valence-electron chi connectivity index (χ2n) is 6.39. The van der Waals surface area contributed by atoms with Crippen LogP contribution in [-0.4, -0.2) is 74.5 Å². The van der Waals surface area contributed by atoms with Crippen LogP contribution in [0, 0.1) is 5.82 Å². The first kappa shape index (κ1) is 21.7. The van der Waals surface area contributed by atoms with Crippen molar-refractivity contribution in [1.82, 2.24) is 15.1 Å². The van der Waals surface area contributed by atoms with Crippen LogP contribution in [0.25, 0.3) is 0 Å². The van der Waals surface area contributed by atoms with Crippen LogP contribution >= 0.6 is 35.7 Å². The Kier molecular flexibility index (Phi) is 8.92. The maximum Gasteiger partial charge on any atom is 0.193 e. The number of thioether (sulfide) groups is 1. The SMILES string of the molecule is CN=C(NCc1cc(F)ccc1SC)N1CCC(N2CCOCC2)C1.I. The molecule has 5 nitrogen and oxygen atoms in total. The quantitative estimate of drug-likeness (QED) is 0.302. The van der Waals surface area contributed by atoms with Crippen LogP contribution < -0.4 is 5.32 Å². The number of hydrogen-bond donors (Lipinski definition) is 1. The zero-order chi connectivity index (χ0) is 17.6. The number of guanidine groups is 1. The summed E-state index contributed by atoms with van der Waals surface area (Å²) in [7, 11) is 1.81. The molecule has 0 radical (unpaired) electrons. The fourth-order valence-electron chi connectivity index (χ4n) is 3.57. The van der Waals surface area contributed by atoms with Crippen molar-refractivity contribution in [3.8, 4) is 0 Å². The van der Waals surface area contributed by atoms with E-state index >= 15 is 0 Å². The number of ether oxygens (including phenoxy) is 1. The van der Waals surface area contributed by atoms with Gasteiger partial charge in [0.25, 0.3) is 0 Å². The normalized spacial score (nSPS) is 21.6. The monoisotopic (exact) mass is 494 g/mol. The molecule has 1 N–H and O–H groups in total. The van der Waals surface area contributed by atoms with Crippen LogP contribution in [-0.2, 0) is 11.3 Å². The largest absolute Gasteiger partial charge is 0.379 e. The minimum Gasteiger partial charge on any atom is -0.379 e. The Bertz CT molecular complexity index is 613. The number of rotatable bonds is 4. The third-order valence-electron chi connectivity index (χ3n) is 4.92. The van der Waals surface area contributed by atoms with Crippen LogP contribution in [0.2, 0.25) is 0 Å². The lowest BCUT2D eigenvalue weighted by atomic mass is 10.2. The number of benzene rings is 1. The van der Waals surface area contributed by atoms with Gasteiger partial charge in [-0.1, -0.05) is 0 Å². The molecule has 1 unspecified atom stereocenters. The predicted octanol–water partition coefficient (Wildman–Crippen LogP) is 2.65. The molecular weight excluding hydrogens is 466 g/mol. The molecule has 0 spiro atoms. The van der Waals surface area contributed by atoms with Gasteiger partial charge >= 0.3 is 0 Å². The van der Waals surface area contributed by atoms with Crippen LogP contribution in [0.3, 0.4) is 0 Å². The van der Waals surface area contributed by atoms with E-state index in [0.29, 0.717) is 12.6 Å². The maximum absolute atomic E-state index is 13.6. The van der Waals surface area contributed by atoms with Crippen molar-refractivity contribution in [3.05, 3.63) is 29.6 Å². The zero-order valence-electron chi connectivity index (χ0n) is 15.4. The third kappa shape index (κ3) is 5.46. The van der Waals surface area contributed by atoms with Gasteiger partial charge in [0.15, 0.2) is 5.96 Å². The second kappa shape index (κ2) is 10.7. The highest BCUT2D eigenvalue weighted by atomic mass is 127. The minimum atomic E-state index is -0.196. The lowest BCUT2D eigenvalue weighted by Crippen LogP contribution is -2.46. The molecule has 0 saturated carbocycles. The van der Waals surface area contributed by atoms with Gasteiger partial charge in [0.2, 0.25) is 0 Å². The van der Waals surface area contributed by atoms with Crippen molar-refractivity contribution < 1.29 is 9.13 Å². The van der Waals surface area contributed by atoms with Gasteiger partial charge in [-0.05, 0) is 36.4 Å². The van der Waals surface area contributed by atoms with Crippen LogP contribution in [0.15, 0.2) is 28.1 Å². The summed E-state index contributed by atoms with van der Waals surface area (Å²) >= 11 is 1.64. The van der Waals surface area contributed by atoms with E-state index in [-0.39, 0.29) is 29.8 Å². The summed E-state index contributed by atoms with van der Waals surface area (Å²) < 4.78 is 19.0. The van der Waals surface area contributed by atoms with E-state index in [1.807, 2.05) is 19.4 Å². The number of aliphatic imine (C=N–C) groups is 1.